The minimum atomic E-state index is -0.765. The van der Waals surface area contributed by atoms with Gasteiger partial charge in [-0.05, 0) is 55.7 Å². The molecule has 1 fully saturated rings. The molecular formula is C26H22ClNO3. The molecule has 1 atom stereocenters. The molecule has 156 valence electrons. The lowest BCUT2D eigenvalue weighted by Gasteiger charge is -2.27. The van der Waals surface area contributed by atoms with Gasteiger partial charge in [-0.1, -0.05) is 65.7 Å². The first-order valence-corrected chi connectivity index (χ1v) is 10.4. The number of ketones is 1. The van der Waals surface area contributed by atoms with E-state index in [1.54, 1.807) is 18.2 Å². The fraction of sp³-hybridized carbons (Fsp3) is 0.154. The number of aliphatic hydroxyl groups is 1. The summed E-state index contributed by atoms with van der Waals surface area (Å²) in [6.07, 6.45) is 0. The summed E-state index contributed by atoms with van der Waals surface area (Å²) in [7, 11) is 0. The molecule has 4 rings (SSSR count). The second-order valence-corrected chi connectivity index (χ2v) is 8.19. The van der Waals surface area contributed by atoms with Gasteiger partial charge in [0, 0.05) is 16.3 Å². The second-order valence-electron chi connectivity index (χ2n) is 7.78. The predicted molar refractivity (Wildman–Crippen MR) is 123 cm³/mol. The third-order valence-electron chi connectivity index (χ3n) is 5.71. The van der Waals surface area contributed by atoms with Crippen molar-refractivity contribution in [3.63, 3.8) is 0 Å². The van der Waals surface area contributed by atoms with Gasteiger partial charge in [0.15, 0.2) is 0 Å². The lowest BCUT2D eigenvalue weighted by Crippen LogP contribution is -2.30. The first kappa shape index (κ1) is 20.9. The van der Waals surface area contributed by atoms with Crippen molar-refractivity contribution in [1.29, 1.82) is 0 Å². The van der Waals surface area contributed by atoms with Gasteiger partial charge in [-0.15, -0.1) is 0 Å². The summed E-state index contributed by atoms with van der Waals surface area (Å²) in [4.78, 5) is 27.9. The molecule has 0 aliphatic carbocycles. The first-order chi connectivity index (χ1) is 14.8. The van der Waals surface area contributed by atoms with Crippen LogP contribution in [0.5, 0.6) is 0 Å². The molecule has 1 saturated heterocycles. The summed E-state index contributed by atoms with van der Waals surface area (Å²) in [6, 6.07) is 19.4. The molecule has 31 heavy (non-hydrogen) atoms. The number of hydrogen-bond acceptors (Lipinski definition) is 3. The fourth-order valence-corrected chi connectivity index (χ4v) is 4.19. The Kier molecular flexibility index (Phi) is 5.42. The zero-order valence-corrected chi connectivity index (χ0v) is 18.3. The summed E-state index contributed by atoms with van der Waals surface area (Å²) in [6.45, 7) is 5.59. The Morgan fingerprint density at radius 1 is 0.935 bits per heavy atom. The van der Waals surface area contributed by atoms with Gasteiger partial charge in [-0.3, -0.25) is 14.5 Å². The van der Waals surface area contributed by atoms with Crippen molar-refractivity contribution in [3.05, 3.63) is 105 Å². The molecule has 0 saturated carbocycles. The normalized spacial score (nSPS) is 17.9. The summed E-state index contributed by atoms with van der Waals surface area (Å²) >= 11 is 6.32. The SMILES string of the molecule is Cc1ccc(C)c(/C(O)=C2\C(=O)C(=O)N(c3cccc(Cl)c3C)C2c2ccccc2)c1. The molecule has 1 amide bonds. The van der Waals surface area contributed by atoms with Crippen molar-refractivity contribution in [1.82, 2.24) is 0 Å². The number of amides is 1. The average Bonchev–Trinajstić information content (AvgIpc) is 3.03. The molecular weight excluding hydrogens is 410 g/mol. The molecule has 0 spiro atoms. The van der Waals surface area contributed by atoms with E-state index in [9.17, 15) is 14.7 Å². The molecule has 1 aliphatic rings. The number of aliphatic hydroxyl groups excluding tert-OH is 1. The van der Waals surface area contributed by atoms with Gasteiger partial charge in [-0.25, -0.2) is 0 Å². The van der Waals surface area contributed by atoms with Gasteiger partial charge >= 0.3 is 0 Å². The number of Topliss-reactive ketones (excluding diaryl/α,β-unsaturated/α-hetero) is 1. The van der Waals surface area contributed by atoms with Gasteiger partial charge in [0.25, 0.3) is 11.7 Å². The second kappa shape index (κ2) is 8.05. The van der Waals surface area contributed by atoms with Crippen LogP contribution in [0.3, 0.4) is 0 Å². The lowest BCUT2D eigenvalue weighted by atomic mass is 9.93. The van der Waals surface area contributed by atoms with Crippen LogP contribution in [0.1, 0.15) is 33.9 Å². The molecule has 1 aliphatic heterocycles. The lowest BCUT2D eigenvalue weighted by molar-refractivity contribution is -0.132. The van der Waals surface area contributed by atoms with Crippen LogP contribution in [0.4, 0.5) is 5.69 Å². The predicted octanol–water partition coefficient (Wildman–Crippen LogP) is 5.89. The Morgan fingerprint density at radius 3 is 2.35 bits per heavy atom. The molecule has 0 bridgehead atoms. The highest BCUT2D eigenvalue weighted by Crippen LogP contribution is 2.44. The van der Waals surface area contributed by atoms with Crippen molar-refractivity contribution in [2.24, 2.45) is 0 Å². The Morgan fingerprint density at radius 2 is 1.65 bits per heavy atom. The van der Waals surface area contributed by atoms with E-state index in [0.29, 0.717) is 21.8 Å². The van der Waals surface area contributed by atoms with Gasteiger partial charge < -0.3 is 5.11 Å². The number of carbonyl (C=O) groups is 2. The maximum atomic E-state index is 13.2. The van der Waals surface area contributed by atoms with Gasteiger partial charge in [0.05, 0.1) is 11.6 Å². The van der Waals surface area contributed by atoms with E-state index in [1.165, 1.54) is 4.90 Å². The van der Waals surface area contributed by atoms with Gasteiger partial charge in [0.2, 0.25) is 0 Å². The highest BCUT2D eigenvalue weighted by molar-refractivity contribution is 6.52. The Balaban J connectivity index is 2.01. The van der Waals surface area contributed by atoms with Crippen molar-refractivity contribution < 1.29 is 14.7 Å². The van der Waals surface area contributed by atoms with Crippen LogP contribution in [-0.4, -0.2) is 16.8 Å². The third kappa shape index (κ3) is 3.53. The van der Waals surface area contributed by atoms with Gasteiger partial charge in [0.1, 0.15) is 5.76 Å². The van der Waals surface area contributed by atoms with Crippen molar-refractivity contribution in [2.75, 3.05) is 4.90 Å². The molecule has 5 heteroatoms. The molecule has 0 aromatic heterocycles. The standard InChI is InChI=1S/C26H22ClNO3/c1-15-12-13-16(2)19(14-15)24(29)22-23(18-8-5-4-6-9-18)28(26(31)25(22)30)21-11-7-10-20(27)17(21)3/h4-14,23,29H,1-3H3/b24-22+. The number of aryl methyl sites for hydroxylation is 2. The van der Waals surface area contributed by atoms with E-state index < -0.39 is 17.7 Å². The maximum Gasteiger partial charge on any atom is 0.300 e. The summed E-state index contributed by atoms with van der Waals surface area (Å²) in [5, 5.41) is 11.8. The van der Waals surface area contributed by atoms with Crippen LogP contribution in [0.25, 0.3) is 5.76 Å². The zero-order chi connectivity index (χ0) is 22.3. The zero-order valence-electron chi connectivity index (χ0n) is 17.5. The van der Waals surface area contributed by atoms with Crippen LogP contribution >= 0.6 is 11.6 Å². The monoisotopic (exact) mass is 431 g/mol. The Labute approximate surface area is 186 Å². The van der Waals surface area contributed by atoms with E-state index in [1.807, 2.05) is 69.3 Å². The number of rotatable bonds is 3. The summed E-state index contributed by atoms with van der Waals surface area (Å²) < 4.78 is 0. The van der Waals surface area contributed by atoms with E-state index >= 15 is 0 Å². The largest absolute Gasteiger partial charge is 0.507 e. The highest BCUT2D eigenvalue weighted by Gasteiger charge is 2.47. The summed E-state index contributed by atoms with van der Waals surface area (Å²) in [5.41, 5.74) is 4.35. The number of carbonyl (C=O) groups excluding carboxylic acids is 2. The topological polar surface area (TPSA) is 57.6 Å². The van der Waals surface area contributed by atoms with Crippen LogP contribution in [-0.2, 0) is 9.59 Å². The molecule has 0 radical (unpaired) electrons. The minimum absolute atomic E-state index is 0.0734. The quantitative estimate of drug-likeness (QED) is 0.319. The molecule has 1 heterocycles. The Bertz CT molecular complexity index is 1230. The molecule has 1 unspecified atom stereocenters. The number of hydrogen-bond donors (Lipinski definition) is 1. The van der Waals surface area contributed by atoms with Crippen molar-refractivity contribution in [2.45, 2.75) is 26.8 Å². The first-order valence-electron chi connectivity index (χ1n) is 10.00. The fourth-order valence-electron chi connectivity index (χ4n) is 4.02. The van der Waals surface area contributed by atoms with Crippen molar-refractivity contribution >= 4 is 34.7 Å². The number of halogens is 1. The summed E-state index contributed by atoms with van der Waals surface area (Å²) in [5.74, 6) is -1.58. The maximum absolute atomic E-state index is 13.2. The number of nitrogens with zero attached hydrogens (tertiary/aromatic N) is 1. The molecule has 3 aromatic carbocycles. The van der Waals surface area contributed by atoms with Crippen molar-refractivity contribution in [3.8, 4) is 0 Å². The number of benzene rings is 3. The average molecular weight is 432 g/mol. The molecule has 4 nitrogen and oxygen atoms in total. The minimum Gasteiger partial charge on any atom is -0.507 e. The Hall–Kier alpha value is -3.37. The van der Waals surface area contributed by atoms with Crippen LogP contribution in [0.15, 0.2) is 72.3 Å². The highest BCUT2D eigenvalue weighted by atomic mass is 35.5. The van der Waals surface area contributed by atoms with Crippen LogP contribution < -0.4 is 4.90 Å². The smallest absolute Gasteiger partial charge is 0.300 e. The van der Waals surface area contributed by atoms with E-state index in [0.717, 1.165) is 16.7 Å². The van der Waals surface area contributed by atoms with E-state index in [4.69, 9.17) is 11.6 Å². The van der Waals surface area contributed by atoms with Crippen LogP contribution in [0.2, 0.25) is 5.02 Å². The molecule has 1 N–H and O–H groups in total. The van der Waals surface area contributed by atoms with E-state index in [-0.39, 0.29) is 11.3 Å². The molecule has 3 aromatic rings. The van der Waals surface area contributed by atoms with Crippen LogP contribution in [0, 0.1) is 20.8 Å². The van der Waals surface area contributed by atoms with E-state index in [2.05, 4.69) is 0 Å². The number of anilines is 1. The van der Waals surface area contributed by atoms with Gasteiger partial charge in [-0.2, -0.15) is 0 Å². The third-order valence-corrected chi connectivity index (χ3v) is 6.12.